The van der Waals surface area contributed by atoms with E-state index in [-0.39, 0.29) is 11.8 Å². The summed E-state index contributed by atoms with van der Waals surface area (Å²) in [5.74, 6) is 1.09. The Morgan fingerprint density at radius 2 is 2.11 bits per heavy atom. The lowest BCUT2D eigenvalue weighted by Crippen LogP contribution is -2.44. The maximum absolute atomic E-state index is 12.6. The first kappa shape index (κ1) is 18.3. The second kappa shape index (κ2) is 8.71. The van der Waals surface area contributed by atoms with Crippen LogP contribution >= 0.6 is 0 Å². The third-order valence-corrected chi connectivity index (χ3v) is 5.52. The number of ether oxygens (including phenoxy) is 1. The summed E-state index contributed by atoms with van der Waals surface area (Å²) < 4.78 is 5.37. The monoisotopic (exact) mass is 371 g/mol. The van der Waals surface area contributed by atoms with Gasteiger partial charge in [0.25, 0.3) is 0 Å². The Bertz CT molecular complexity index is 723. The summed E-state index contributed by atoms with van der Waals surface area (Å²) in [6, 6.07) is 8.05. The molecule has 0 bridgehead atoms. The van der Waals surface area contributed by atoms with Gasteiger partial charge in [-0.15, -0.1) is 0 Å². The van der Waals surface area contributed by atoms with Crippen LogP contribution in [0.5, 0.6) is 0 Å². The fourth-order valence-corrected chi connectivity index (χ4v) is 3.96. The van der Waals surface area contributed by atoms with E-state index >= 15 is 0 Å². The lowest BCUT2D eigenvalue weighted by Gasteiger charge is -2.32. The van der Waals surface area contributed by atoms with Gasteiger partial charge in [-0.1, -0.05) is 12.1 Å². The van der Waals surface area contributed by atoms with Gasteiger partial charge in [0.15, 0.2) is 0 Å². The molecule has 146 valence electrons. The Morgan fingerprint density at radius 3 is 2.96 bits per heavy atom. The molecule has 2 aromatic rings. The minimum absolute atomic E-state index is 0.0374. The van der Waals surface area contributed by atoms with Crippen molar-refractivity contribution in [2.75, 3.05) is 57.4 Å². The molecule has 0 aliphatic carbocycles. The quantitative estimate of drug-likeness (QED) is 0.755. The van der Waals surface area contributed by atoms with E-state index in [1.54, 1.807) is 0 Å². The summed E-state index contributed by atoms with van der Waals surface area (Å²) in [6.07, 6.45) is 2.96. The van der Waals surface area contributed by atoms with Crippen LogP contribution in [0.3, 0.4) is 0 Å². The number of nitrogens with one attached hydrogen (secondary N) is 2. The number of nitrogens with zero attached hydrogens (tertiary/aromatic N) is 3. The van der Waals surface area contributed by atoms with Gasteiger partial charge in [-0.3, -0.25) is 9.69 Å². The zero-order valence-electron chi connectivity index (χ0n) is 15.8. The molecule has 0 radical (unpaired) electrons. The Balaban J connectivity index is 1.25. The van der Waals surface area contributed by atoms with Gasteiger partial charge in [0.1, 0.15) is 0 Å². The number of imidazole rings is 1. The molecule has 4 rings (SSSR count). The Hall–Kier alpha value is -2.12. The molecular weight excluding hydrogens is 342 g/mol. The zero-order valence-corrected chi connectivity index (χ0v) is 15.8. The van der Waals surface area contributed by atoms with E-state index in [2.05, 4.69) is 25.1 Å². The predicted octanol–water partition coefficient (Wildman–Crippen LogP) is 1.62. The number of morpholine rings is 1. The fraction of sp³-hybridized carbons (Fsp3) is 0.600. The van der Waals surface area contributed by atoms with Crippen LogP contribution in [0.15, 0.2) is 24.3 Å². The van der Waals surface area contributed by atoms with Crippen LogP contribution in [0.1, 0.15) is 19.3 Å². The highest BCUT2D eigenvalue weighted by molar-refractivity contribution is 5.80. The van der Waals surface area contributed by atoms with Crippen LogP contribution in [0.4, 0.5) is 5.95 Å². The van der Waals surface area contributed by atoms with Crippen molar-refractivity contribution < 1.29 is 9.53 Å². The fourth-order valence-electron chi connectivity index (χ4n) is 3.96. The lowest BCUT2D eigenvalue weighted by molar-refractivity contribution is -0.125. The molecule has 1 unspecified atom stereocenters. The largest absolute Gasteiger partial charge is 0.379 e. The van der Waals surface area contributed by atoms with Crippen LogP contribution in [0.25, 0.3) is 11.0 Å². The van der Waals surface area contributed by atoms with E-state index in [4.69, 9.17) is 4.74 Å². The van der Waals surface area contributed by atoms with Gasteiger partial charge in [-0.2, -0.15) is 0 Å². The highest BCUT2D eigenvalue weighted by Gasteiger charge is 2.27. The van der Waals surface area contributed by atoms with Crippen LogP contribution in [-0.2, 0) is 9.53 Å². The third-order valence-electron chi connectivity index (χ3n) is 5.52. The van der Waals surface area contributed by atoms with Gasteiger partial charge in [0.2, 0.25) is 11.9 Å². The molecular formula is C20H29N5O2. The topological polar surface area (TPSA) is 73.5 Å². The SMILES string of the molecule is O=C(NCCCN1CCOCC1)C1CCCN(c2nc3ccccc3[nH]2)C1. The highest BCUT2D eigenvalue weighted by Crippen LogP contribution is 2.23. The van der Waals surface area contributed by atoms with E-state index < -0.39 is 0 Å². The first-order chi connectivity index (χ1) is 13.3. The van der Waals surface area contributed by atoms with Crippen molar-refractivity contribution in [1.29, 1.82) is 0 Å². The summed E-state index contributed by atoms with van der Waals surface area (Å²) in [4.78, 5) is 25.3. The summed E-state index contributed by atoms with van der Waals surface area (Å²) in [6.45, 7) is 7.11. The number of carbonyl (C=O) groups is 1. The standard InChI is InChI=1S/C20H29N5O2/c26-19(21-8-4-9-24-11-13-27-14-12-24)16-5-3-10-25(15-16)20-22-17-6-1-2-7-18(17)23-20/h1-2,6-7,16H,3-5,8-15H2,(H,21,26)(H,22,23). The summed E-state index contributed by atoms with van der Waals surface area (Å²) in [7, 11) is 0. The van der Waals surface area contributed by atoms with Gasteiger partial charge in [0.05, 0.1) is 30.2 Å². The van der Waals surface area contributed by atoms with Crippen LogP contribution in [0, 0.1) is 5.92 Å². The van der Waals surface area contributed by atoms with Gasteiger partial charge >= 0.3 is 0 Å². The number of carbonyl (C=O) groups excluding carboxylic acids is 1. The number of para-hydroxylation sites is 2. The number of piperidine rings is 1. The number of amides is 1. The molecule has 2 aliphatic rings. The number of aromatic amines is 1. The van der Waals surface area contributed by atoms with Gasteiger partial charge in [-0.05, 0) is 37.9 Å². The van der Waals surface area contributed by atoms with Crippen LogP contribution in [-0.4, -0.2) is 73.3 Å². The summed E-state index contributed by atoms with van der Waals surface area (Å²) >= 11 is 0. The second-order valence-electron chi connectivity index (χ2n) is 7.46. The normalized spacial score (nSPS) is 21.5. The van der Waals surface area contributed by atoms with E-state index in [0.29, 0.717) is 0 Å². The Morgan fingerprint density at radius 1 is 1.26 bits per heavy atom. The number of fused-ring (bicyclic) bond motifs is 1. The van der Waals surface area contributed by atoms with Gasteiger partial charge in [-0.25, -0.2) is 4.98 Å². The molecule has 0 saturated carbocycles. The zero-order chi connectivity index (χ0) is 18.5. The smallest absolute Gasteiger partial charge is 0.224 e. The van der Waals surface area contributed by atoms with E-state index in [1.807, 2.05) is 24.3 Å². The molecule has 2 aliphatic heterocycles. The lowest BCUT2D eigenvalue weighted by atomic mass is 9.97. The molecule has 1 aromatic carbocycles. The molecule has 7 nitrogen and oxygen atoms in total. The number of anilines is 1. The van der Waals surface area contributed by atoms with Crippen molar-refractivity contribution in [3.8, 4) is 0 Å². The molecule has 7 heteroatoms. The first-order valence-electron chi connectivity index (χ1n) is 10.1. The Labute approximate surface area is 160 Å². The number of hydrogen-bond donors (Lipinski definition) is 2. The number of rotatable bonds is 6. The Kier molecular flexibility index (Phi) is 5.89. The van der Waals surface area contributed by atoms with Crippen LogP contribution in [0.2, 0.25) is 0 Å². The molecule has 1 amide bonds. The molecule has 3 heterocycles. The summed E-state index contributed by atoms with van der Waals surface area (Å²) in [5, 5.41) is 3.14. The molecule has 0 spiro atoms. The minimum Gasteiger partial charge on any atom is -0.379 e. The second-order valence-corrected chi connectivity index (χ2v) is 7.46. The van der Waals surface area contributed by atoms with Crippen molar-refractivity contribution in [2.24, 2.45) is 5.92 Å². The van der Waals surface area contributed by atoms with E-state index in [9.17, 15) is 4.79 Å². The average molecular weight is 371 g/mol. The predicted molar refractivity (Wildman–Crippen MR) is 106 cm³/mol. The molecule has 2 fully saturated rings. The molecule has 27 heavy (non-hydrogen) atoms. The first-order valence-corrected chi connectivity index (χ1v) is 10.1. The van der Waals surface area contributed by atoms with E-state index in [0.717, 1.165) is 88.7 Å². The van der Waals surface area contributed by atoms with Crippen molar-refractivity contribution in [3.05, 3.63) is 24.3 Å². The summed E-state index contributed by atoms with van der Waals surface area (Å²) in [5.41, 5.74) is 2.02. The minimum atomic E-state index is 0.0374. The molecule has 1 aromatic heterocycles. The highest BCUT2D eigenvalue weighted by atomic mass is 16.5. The molecule has 1 atom stereocenters. The van der Waals surface area contributed by atoms with Gasteiger partial charge < -0.3 is 19.9 Å². The van der Waals surface area contributed by atoms with Crippen molar-refractivity contribution in [3.63, 3.8) is 0 Å². The number of H-pyrrole nitrogens is 1. The van der Waals surface area contributed by atoms with Crippen molar-refractivity contribution in [1.82, 2.24) is 20.2 Å². The molecule has 2 saturated heterocycles. The maximum Gasteiger partial charge on any atom is 0.224 e. The van der Waals surface area contributed by atoms with Crippen molar-refractivity contribution in [2.45, 2.75) is 19.3 Å². The number of benzene rings is 1. The van der Waals surface area contributed by atoms with E-state index in [1.165, 1.54) is 0 Å². The maximum atomic E-state index is 12.6. The van der Waals surface area contributed by atoms with Gasteiger partial charge in [0, 0.05) is 32.7 Å². The molecule has 2 N–H and O–H groups in total. The van der Waals surface area contributed by atoms with Crippen LogP contribution < -0.4 is 10.2 Å². The average Bonchev–Trinajstić information content (AvgIpc) is 3.16. The van der Waals surface area contributed by atoms with Crippen molar-refractivity contribution >= 4 is 22.9 Å². The number of aromatic nitrogens is 2. The number of hydrogen-bond acceptors (Lipinski definition) is 5. The third kappa shape index (κ3) is 4.59.